The van der Waals surface area contributed by atoms with Crippen LogP contribution in [-0.2, 0) is 6.54 Å². The monoisotopic (exact) mass is 366 g/mol. The van der Waals surface area contributed by atoms with Gasteiger partial charge >= 0.3 is 0 Å². The van der Waals surface area contributed by atoms with Crippen LogP contribution in [-0.4, -0.2) is 10.8 Å². The molecule has 0 fully saturated rings. The number of nitrogens with one attached hydrogen (secondary N) is 1. The first-order chi connectivity index (χ1) is 12.6. The molecule has 0 spiro atoms. The zero-order valence-corrected chi connectivity index (χ0v) is 14.6. The molecule has 3 nitrogen and oxygen atoms in total. The Labute approximate surface area is 156 Å². The topological polar surface area (TPSA) is 32.3 Å². The minimum absolute atomic E-state index is 0.102. The molecule has 130 valence electrons. The predicted octanol–water partition coefficient (Wildman–Crippen LogP) is 5.25. The lowest BCUT2D eigenvalue weighted by molar-refractivity contribution is 0.0728. The molecule has 3 aromatic rings. The van der Waals surface area contributed by atoms with E-state index in [-0.39, 0.29) is 11.7 Å². The van der Waals surface area contributed by atoms with Gasteiger partial charge in [-0.3, -0.25) is 4.79 Å². The molecular formula is C21H16ClFN2O. The summed E-state index contributed by atoms with van der Waals surface area (Å²) < 4.78 is 14.1. The maximum Gasteiger partial charge on any atom is 0.256 e. The summed E-state index contributed by atoms with van der Waals surface area (Å²) in [5, 5.41) is 3.77. The summed E-state index contributed by atoms with van der Waals surface area (Å²) >= 11 is 6.28. The van der Waals surface area contributed by atoms with E-state index in [0.29, 0.717) is 22.8 Å². The summed E-state index contributed by atoms with van der Waals surface area (Å²) in [6, 6.07) is 21.2. The standard InChI is InChI=1S/C21H16ClFN2O/c22-17-10-4-1-7-14(17)13-25-20(24-19-12-6-5-11-18(19)23)15-8-2-3-9-16(15)21(25)26/h1-12,20,24H,13H2. The Balaban J connectivity index is 1.73. The van der Waals surface area contributed by atoms with Crippen LogP contribution >= 0.6 is 11.6 Å². The summed E-state index contributed by atoms with van der Waals surface area (Å²) in [4.78, 5) is 14.6. The predicted molar refractivity (Wildman–Crippen MR) is 101 cm³/mol. The number of benzene rings is 3. The Hall–Kier alpha value is -2.85. The lowest BCUT2D eigenvalue weighted by atomic mass is 10.1. The van der Waals surface area contributed by atoms with Crippen molar-refractivity contribution in [2.45, 2.75) is 12.7 Å². The van der Waals surface area contributed by atoms with E-state index in [1.54, 1.807) is 35.2 Å². The van der Waals surface area contributed by atoms with Crippen LogP contribution < -0.4 is 5.32 Å². The van der Waals surface area contributed by atoms with Gasteiger partial charge in [0.05, 0.1) is 5.69 Å². The number of nitrogens with zero attached hydrogens (tertiary/aromatic N) is 1. The molecule has 1 atom stereocenters. The summed E-state index contributed by atoms with van der Waals surface area (Å²) in [5.41, 5.74) is 2.64. The Morgan fingerprint density at radius 1 is 0.962 bits per heavy atom. The van der Waals surface area contributed by atoms with Gasteiger partial charge in [0.15, 0.2) is 0 Å². The molecule has 0 saturated carbocycles. The average Bonchev–Trinajstić information content (AvgIpc) is 2.91. The fourth-order valence-electron chi connectivity index (χ4n) is 3.22. The van der Waals surface area contributed by atoms with E-state index in [4.69, 9.17) is 11.6 Å². The van der Waals surface area contributed by atoms with Crippen molar-refractivity contribution in [1.29, 1.82) is 0 Å². The molecule has 1 aliphatic heterocycles. The third kappa shape index (κ3) is 2.93. The quantitative estimate of drug-likeness (QED) is 0.684. The van der Waals surface area contributed by atoms with Crippen LogP contribution in [0.3, 0.4) is 0 Å². The normalized spacial score (nSPS) is 15.8. The Morgan fingerprint density at radius 3 is 2.46 bits per heavy atom. The summed E-state index contributed by atoms with van der Waals surface area (Å²) in [5.74, 6) is -0.462. The van der Waals surface area contributed by atoms with Gasteiger partial charge in [0.1, 0.15) is 12.0 Å². The Kier molecular flexibility index (Phi) is 4.35. The van der Waals surface area contributed by atoms with Crippen LogP contribution in [0, 0.1) is 5.82 Å². The maximum absolute atomic E-state index is 14.1. The van der Waals surface area contributed by atoms with E-state index in [0.717, 1.165) is 11.1 Å². The molecule has 1 unspecified atom stereocenters. The highest BCUT2D eigenvalue weighted by molar-refractivity contribution is 6.31. The number of hydrogen-bond acceptors (Lipinski definition) is 2. The molecule has 1 heterocycles. The molecule has 0 aromatic heterocycles. The molecule has 0 saturated heterocycles. The summed E-state index contributed by atoms with van der Waals surface area (Å²) in [6.45, 7) is 0.333. The second-order valence-corrected chi connectivity index (χ2v) is 6.55. The first kappa shape index (κ1) is 16.6. The van der Waals surface area contributed by atoms with Crippen LogP contribution in [0.4, 0.5) is 10.1 Å². The van der Waals surface area contributed by atoms with Crippen molar-refractivity contribution in [2.75, 3.05) is 5.32 Å². The molecule has 0 bridgehead atoms. The molecule has 4 rings (SSSR count). The van der Waals surface area contributed by atoms with Crippen molar-refractivity contribution in [1.82, 2.24) is 4.90 Å². The lowest BCUT2D eigenvalue weighted by Crippen LogP contribution is -2.32. The first-order valence-electron chi connectivity index (χ1n) is 8.29. The van der Waals surface area contributed by atoms with Crippen LogP contribution in [0.2, 0.25) is 5.02 Å². The smallest absolute Gasteiger partial charge is 0.256 e. The number of anilines is 1. The Morgan fingerprint density at radius 2 is 1.65 bits per heavy atom. The van der Waals surface area contributed by atoms with Crippen molar-refractivity contribution < 1.29 is 9.18 Å². The fraction of sp³-hybridized carbons (Fsp3) is 0.0952. The summed E-state index contributed by atoms with van der Waals surface area (Å²) in [7, 11) is 0. The van der Waals surface area contributed by atoms with Gasteiger partial charge in [-0.05, 0) is 29.8 Å². The molecule has 1 aliphatic rings. The third-order valence-electron chi connectivity index (χ3n) is 4.52. The van der Waals surface area contributed by atoms with Crippen LogP contribution in [0.5, 0.6) is 0 Å². The second-order valence-electron chi connectivity index (χ2n) is 6.14. The highest BCUT2D eigenvalue weighted by atomic mass is 35.5. The van der Waals surface area contributed by atoms with Crippen molar-refractivity contribution in [3.8, 4) is 0 Å². The Bertz CT molecular complexity index is 975. The molecule has 1 amide bonds. The van der Waals surface area contributed by atoms with E-state index < -0.39 is 6.17 Å². The van der Waals surface area contributed by atoms with Gasteiger partial charge < -0.3 is 10.2 Å². The third-order valence-corrected chi connectivity index (χ3v) is 4.89. The van der Waals surface area contributed by atoms with Crippen molar-refractivity contribution in [3.05, 3.63) is 100 Å². The van der Waals surface area contributed by atoms with Crippen molar-refractivity contribution in [2.24, 2.45) is 0 Å². The molecule has 1 N–H and O–H groups in total. The second kappa shape index (κ2) is 6.81. The highest BCUT2D eigenvalue weighted by Gasteiger charge is 2.36. The molecule has 0 aliphatic carbocycles. The van der Waals surface area contributed by atoms with E-state index in [2.05, 4.69) is 5.32 Å². The first-order valence-corrected chi connectivity index (χ1v) is 8.67. The molecular weight excluding hydrogens is 351 g/mol. The molecule has 26 heavy (non-hydrogen) atoms. The minimum atomic E-state index is -0.466. The largest absolute Gasteiger partial charge is 0.359 e. The van der Waals surface area contributed by atoms with Gasteiger partial charge in [0.25, 0.3) is 5.91 Å². The minimum Gasteiger partial charge on any atom is -0.359 e. The van der Waals surface area contributed by atoms with Gasteiger partial charge in [0, 0.05) is 22.7 Å². The van der Waals surface area contributed by atoms with Crippen LogP contribution in [0.15, 0.2) is 72.8 Å². The lowest BCUT2D eigenvalue weighted by Gasteiger charge is -2.27. The van der Waals surface area contributed by atoms with Crippen molar-refractivity contribution in [3.63, 3.8) is 0 Å². The van der Waals surface area contributed by atoms with Gasteiger partial charge in [-0.15, -0.1) is 0 Å². The van der Waals surface area contributed by atoms with E-state index >= 15 is 0 Å². The number of para-hydroxylation sites is 1. The fourth-order valence-corrected chi connectivity index (χ4v) is 3.42. The molecule has 5 heteroatoms. The van der Waals surface area contributed by atoms with Gasteiger partial charge in [0.2, 0.25) is 0 Å². The summed E-state index contributed by atoms with van der Waals surface area (Å²) in [6.07, 6.45) is -0.466. The van der Waals surface area contributed by atoms with Gasteiger partial charge in [-0.2, -0.15) is 0 Å². The average molecular weight is 367 g/mol. The van der Waals surface area contributed by atoms with Crippen LogP contribution in [0.1, 0.15) is 27.7 Å². The van der Waals surface area contributed by atoms with E-state index in [9.17, 15) is 9.18 Å². The number of hydrogen-bond donors (Lipinski definition) is 1. The van der Waals surface area contributed by atoms with E-state index in [1.807, 2.05) is 36.4 Å². The highest BCUT2D eigenvalue weighted by Crippen LogP contribution is 2.36. The van der Waals surface area contributed by atoms with Crippen molar-refractivity contribution >= 4 is 23.2 Å². The van der Waals surface area contributed by atoms with E-state index in [1.165, 1.54) is 6.07 Å². The molecule has 3 aromatic carbocycles. The number of fused-ring (bicyclic) bond motifs is 1. The zero-order valence-electron chi connectivity index (χ0n) is 13.8. The van der Waals surface area contributed by atoms with Gasteiger partial charge in [-0.25, -0.2) is 4.39 Å². The SMILES string of the molecule is O=C1c2ccccc2C(Nc2ccccc2F)N1Cc1ccccc1Cl. The number of amides is 1. The van der Waals surface area contributed by atoms with Crippen LogP contribution in [0.25, 0.3) is 0 Å². The maximum atomic E-state index is 14.1. The number of rotatable bonds is 4. The molecule has 0 radical (unpaired) electrons. The number of carbonyl (C=O) groups excluding carboxylic acids is 1. The van der Waals surface area contributed by atoms with Gasteiger partial charge in [-0.1, -0.05) is 60.1 Å². The number of carbonyl (C=O) groups is 1. The zero-order chi connectivity index (χ0) is 18.1. The number of halogens is 2.